The zero-order chi connectivity index (χ0) is 25.4. The third-order valence-electron chi connectivity index (χ3n) is 7.62. The molecular formula is C29H20ClNO6. The summed E-state index contributed by atoms with van der Waals surface area (Å²) in [7, 11) is 0. The van der Waals surface area contributed by atoms with Crippen molar-refractivity contribution >= 4 is 40.6 Å². The van der Waals surface area contributed by atoms with Gasteiger partial charge in [0.2, 0.25) is 18.6 Å². The molecule has 0 bridgehead atoms. The van der Waals surface area contributed by atoms with E-state index in [4.69, 9.17) is 25.8 Å². The number of ether oxygens (including phenoxy) is 3. The number of carbonyl (C=O) groups is 3. The van der Waals surface area contributed by atoms with Crippen LogP contribution in [0.15, 0.2) is 66.7 Å². The summed E-state index contributed by atoms with van der Waals surface area (Å²) in [5.74, 6) is -2.72. The van der Waals surface area contributed by atoms with Gasteiger partial charge in [-0.05, 0) is 66.1 Å². The molecule has 0 aromatic heterocycles. The first-order valence-electron chi connectivity index (χ1n) is 12.0. The Hall–Kier alpha value is -4.10. The lowest BCUT2D eigenvalue weighted by Crippen LogP contribution is -2.42. The fraction of sp³-hybridized carbons (Fsp3) is 0.207. The number of amides is 2. The standard InChI is InChI=1S/C29H20ClNO6/c1-14-2-8-18-20-12-19(15-3-9-21-23(11-15)36-13-35-21)24-26(25(20)29(34)37-22(18)10-14)28(33)31(27(24)32)17-6-4-16(30)5-7-17/h2-12,19,24-26H,13H2,1H3/t19-,24-,25-,26+/m1/s1. The molecule has 3 aromatic rings. The lowest BCUT2D eigenvalue weighted by Gasteiger charge is -2.38. The lowest BCUT2D eigenvalue weighted by molar-refractivity contribution is -0.142. The van der Waals surface area contributed by atoms with Gasteiger partial charge in [-0.25, -0.2) is 4.90 Å². The zero-order valence-corrected chi connectivity index (χ0v) is 20.4. The molecule has 0 unspecified atom stereocenters. The fourth-order valence-electron chi connectivity index (χ4n) is 5.96. The van der Waals surface area contributed by atoms with Crippen LogP contribution in [0.5, 0.6) is 17.2 Å². The molecule has 3 aliphatic heterocycles. The average molecular weight is 514 g/mol. The van der Waals surface area contributed by atoms with E-state index >= 15 is 0 Å². The number of benzene rings is 3. The number of nitrogens with zero attached hydrogens (tertiary/aromatic N) is 1. The van der Waals surface area contributed by atoms with Crippen LogP contribution >= 0.6 is 11.6 Å². The second-order valence-corrected chi connectivity index (χ2v) is 10.1. The van der Waals surface area contributed by atoms with E-state index in [2.05, 4.69) is 0 Å². The van der Waals surface area contributed by atoms with Crippen LogP contribution in [0.25, 0.3) is 5.57 Å². The van der Waals surface area contributed by atoms with E-state index in [1.54, 1.807) is 24.3 Å². The minimum absolute atomic E-state index is 0.124. The van der Waals surface area contributed by atoms with E-state index < -0.39 is 35.5 Å². The normalized spacial score (nSPS) is 25.3. The topological polar surface area (TPSA) is 82.1 Å². The molecule has 7 nitrogen and oxygen atoms in total. The van der Waals surface area contributed by atoms with Gasteiger partial charge in [0.05, 0.1) is 23.4 Å². The maximum atomic E-state index is 14.0. The van der Waals surface area contributed by atoms with Gasteiger partial charge in [0.15, 0.2) is 11.5 Å². The van der Waals surface area contributed by atoms with Gasteiger partial charge in [0.1, 0.15) is 5.75 Å². The third kappa shape index (κ3) is 3.23. The van der Waals surface area contributed by atoms with Crippen molar-refractivity contribution in [3.05, 3.63) is 88.5 Å². The van der Waals surface area contributed by atoms with Gasteiger partial charge in [0.25, 0.3) is 0 Å². The Morgan fingerprint density at radius 3 is 2.41 bits per heavy atom. The Morgan fingerprint density at radius 1 is 0.838 bits per heavy atom. The number of fused-ring (bicyclic) bond motifs is 6. The Bertz CT molecular complexity index is 1540. The molecule has 1 aliphatic carbocycles. The van der Waals surface area contributed by atoms with Crippen LogP contribution in [0, 0.1) is 24.7 Å². The van der Waals surface area contributed by atoms with E-state index in [0.29, 0.717) is 33.5 Å². The maximum absolute atomic E-state index is 14.0. The minimum Gasteiger partial charge on any atom is -0.454 e. The van der Waals surface area contributed by atoms with Crippen LogP contribution in [0.4, 0.5) is 5.69 Å². The number of carbonyl (C=O) groups excluding carboxylic acids is 3. The molecule has 3 heterocycles. The van der Waals surface area contributed by atoms with E-state index in [0.717, 1.165) is 16.7 Å². The van der Waals surface area contributed by atoms with Crippen molar-refractivity contribution in [3.63, 3.8) is 0 Å². The molecule has 4 aliphatic rings. The molecule has 0 radical (unpaired) electrons. The molecule has 1 saturated heterocycles. The molecular weight excluding hydrogens is 494 g/mol. The summed E-state index contributed by atoms with van der Waals surface area (Å²) >= 11 is 6.05. The molecule has 8 heteroatoms. The highest BCUT2D eigenvalue weighted by Crippen LogP contribution is 2.55. The van der Waals surface area contributed by atoms with Gasteiger partial charge in [0, 0.05) is 16.5 Å². The molecule has 0 N–H and O–H groups in total. The van der Waals surface area contributed by atoms with Crippen molar-refractivity contribution in [2.75, 3.05) is 11.7 Å². The van der Waals surface area contributed by atoms with Crippen molar-refractivity contribution in [2.45, 2.75) is 12.8 Å². The Morgan fingerprint density at radius 2 is 1.59 bits per heavy atom. The zero-order valence-electron chi connectivity index (χ0n) is 19.6. The summed E-state index contributed by atoms with van der Waals surface area (Å²) in [5, 5.41) is 0.491. The molecule has 1 fully saturated rings. The van der Waals surface area contributed by atoms with Crippen molar-refractivity contribution in [1.82, 2.24) is 0 Å². The highest BCUT2D eigenvalue weighted by Gasteiger charge is 2.60. The van der Waals surface area contributed by atoms with E-state index in [-0.39, 0.29) is 12.7 Å². The van der Waals surface area contributed by atoms with Gasteiger partial charge < -0.3 is 14.2 Å². The predicted octanol–water partition coefficient (Wildman–Crippen LogP) is 4.90. The predicted molar refractivity (Wildman–Crippen MR) is 135 cm³/mol. The quantitative estimate of drug-likeness (QED) is 0.275. The summed E-state index contributed by atoms with van der Waals surface area (Å²) in [6, 6.07) is 17.7. The first kappa shape index (κ1) is 22.1. The molecule has 184 valence electrons. The van der Waals surface area contributed by atoms with Crippen LogP contribution in [0.1, 0.15) is 22.6 Å². The summed E-state index contributed by atoms with van der Waals surface area (Å²) < 4.78 is 16.8. The number of esters is 1. The van der Waals surface area contributed by atoms with Gasteiger partial charge in [-0.3, -0.25) is 14.4 Å². The number of rotatable bonds is 2. The van der Waals surface area contributed by atoms with Gasteiger partial charge in [-0.15, -0.1) is 0 Å². The van der Waals surface area contributed by atoms with Crippen molar-refractivity contribution in [1.29, 1.82) is 0 Å². The first-order valence-corrected chi connectivity index (χ1v) is 12.4. The highest BCUT2D eigenvalue weighted by atomic mass is 35.5. The number of hydrogen-bond acceptors (Lipinski definition) is 6. The lowest BCUT2D eigenvalue weighted by atomic mass is 9.64. The first-order chi connectivity index (χ1) is 17.9. The number of anilines is 1. The maximum Gasteiger partial charge on any atom is 0.319 e. The van der Waals surface area contributed by atoms with Crippen LogP contribution in [0.3, 0.4) is 0 Å². The minimum atomic E-state index is -0.916. The molecule has 7 rings (SSSR count). The molecule has 0 saturated carbocycles. The summed E-state index contributed by atoms with van der Waals surface area (Å²) in [6.07, 6.45) is 1.95. The Labute approximate surface area is 217 Å². The SMILES string of the molecule is Cc1ccc2c(c1)OC(=O)[C@@H]1C2=C[C@H](c2ccc3c(c2)OCO3)[C@H]2C(=O)N(c3ccc(Cl)cc3)C(=O)[C@H]12. The van der Waals surface area contributed by atoms with E-state index in [1.165, 1.54) is 4.90 Å². The van der Waals surface area contributed by atoms with Crippen molar-refractivity contribution < 1.29 is 28.6 Å². The number of hydrogen-bond donors (Lipinski definition) is 0. The third-order valence-corrected chi connectivity index (χ3v) is 7.87. The number of imide groups is 1. The summed E-state index contributed by atoms with van der Waals surface area (Å²) in [5.41, 5.74) is 3.63. The van der Waals surface area contributed by atoms with Gasteiger partial charge in [-0.1, -0.05) is 35.9 Å². The molecule has 4 atom stereocenters. The van der Waals surface area contributed by atoms with Gasteiger partial charge in [-0.2, -0.15) is 0 Å². The Kier molecular flexibility index (Phi) is 4.75. The molecule has 2 amide bonds. The number of halogens is 1. The van der Waals surface area contributed by atoms with Crippen LogP contribution in [0.2, 0.25) is 5.02 Å². The molecule has 37 heavy (non-hydrogen) atoms. The molecule has 3 aromatic carbocycles. The second-order valence-electron chi connectivity index (χ2n) is 9.70. The molecule has 0 spiro atoms. The van der Waals surface area contributed by atoms with E-state index in [1.807, 2.05) is 49.4 Å². The summed E-state index contributed by atoms with van der Waals surface area (Å²) in [4.78, 5) is 42.5. The average Bonchev–Trinajstić information content (AvgIpc) is 3.46. The van der Waals surface area contributed by atoms with Gasteiger partial charge >= 0.3 is 5.97 Å². The summed E-state index contributed by atoms with van der Waals surface area (Å²) in [6.45, 7) is 2.04. The second kappa shape index (κ2) is 7.95. The van der Waals surface area contributed by atoms with Crippen molar-refractivity contribution in [3.8, 4) is 17.2 Å². The number of aryl methyl sites for hydroxylation is 1. The Balaban J connectivity index is 1.42. The number of allylic oxidation sites excluding steroid dienone is 1. The largest absolute Gasteiger partial charge is 0.454 e. The van der Waals surface area contributed by atoms with E-state index in [9.17, 15) is 14.4 Å². The smallest absolute Gasteiger partial charge is 0.319 e. The van der Waals surface area contributed by atoms with Crippen LogP contribution < -0.4 is 19.1 Å². The van der Waals surface area contributed by atoms with Crippen LogP contribution in [-0.2, 0) is 14.4 Å². The van der Waals surface area contributed by atoms with Crippen LogP contribution in [-0.4, -0.2) is 24.6 Å². The highest BCUT2D eigenvalue weighted by molar-refractivity contribution is 6.31. The monoisotopic (exact) mass is 513 g/mol. The fourth-order valence-corrected chi connectivity index (χ4v) is 6.08. The van der Waals surface area contributed by atoms with Crippen molar-refractivity contribution in [2.24, 2.45) is 17.8 Å².